The first-order chi connectivity index (χ1) is 11.1. The first-order valence-electron chi connectivity index (χ1n) is 7.81. The topological polar surface area (TPSA) is 49.4 Å². The summed E-state index contributed by atoms with van der Waals surface area (Å²) in [6.45, 7) is 4.53. The molecule has 2 aromatic carbocycles. The smallest absolute Gasteiger partial charge is 0.252 e. The molecule has 3 rings (SSSR count). The van der Waals surface area contributed by atoms with Gasteiger partial charge in [-0.2, -0.15) is 0 Å². The molecule has 0 bridgehead atoms. The van der Waals surface area contributed by atoms with Gasteiger partial charge in [-0.1, -0.05) is 35.9 Å². The van der Waals surface area contributed by atoms with Gasteiger partial charge >= 0.3 is 0 Å². The third-order valence-electron chi connectivity index (χ3n) is 4.25. The van der Waals surface area contributed by atoms with E-state index in [9.17, 15) is 9.59 Å². The van der Waals surface area contributed by atoms with Gasteiger partial charge in [0, 0.05) is 17.8 Å². The van der Waals surface area contributed by atoms with Crippen LogP contribution in [0.25, 0.3) is 0 Å². The van der Waals surface area contributed by atoms with E-state index in [0.29, 0.717) is 18.5 Å². The zero-order valence-corrected chi connectivity index (χ0v) is 13.4. The second-order valence-electron chi connectivity index (χ2n) is 5.96. The number of anilines is 1. The highest BCUT2D eigenvalue weighted by Crippen LogP contribution is 2.22. The molecule has 1 atom stereocenters. The van der Waals surface area contributed by atoms with Crippen molar-refractivity contribution in [3.8, 4) is 0 Å². The Labute approximate surface area is 136 Å². The number of carbonyl (C=O) groups is 2. The Bertz CT molecular complexity index is 737. The number of aryl methyl sites for hydroxylation is 2. The van der Waals surface area contributed by atoms with E-state index in [-0.39, 0.29) is 11.8 Å². The monoisotopic (exact) mass is 308 g/mol. The zero-order valence-electron chi connectivity index (χ0n) is 13.4. The van der Waals surface area contributed by atoms with Crippen LogP contribution in [0.1, 0.15) is 27.9 Å². The largest absolute Gasteiger partial charge is 0.340 e. The molecule has 1 N–H and O–H groups in total. The third-order valence-corrected chi connectivity index (χ3v) is 4.25. The van der Waals surface area contributed by atoms with E-state index in [4.69, 9.17) is 0 Å². The molecule has 0 radical (unpaired) electrons. The van der Waals surface area contributed by atoms with Crippen molar-refractivity contribution in [3.63, 3.8) is 0 Å². The highest BCUT2D eigenvalue weighted by molar-refractivity contribution is 6.04. The molecule has 1 fully saturated rings. The standard InChI is InChI=1S/C19H20N2O2/c1-13-7-9-15(10-8-13)21-12-11-17(19(21)23)20-18(22)16-6-4-3-5-14(16)2/h3-10,17H,11-12H2,1-2H3,(H,20,22). The average Bonchev–Trinajstić information content (AvgIpc) is 2.89. The second-order valence-corrected chi connectivity index (χ2v) is 5.96. The summed E-state index contributed by atoms with van der Waals surface area (Å²) in [5.41, 5.74) is 3.57. The van der Waals surface area contributed by atoms with Crippen molar-refractivity contribution in [3.05, 3.63) is 65.2 Å². The molecule has 1 aliphatic heterocycles. The van der Waals surface area contributed by atoms with Gasteiger partial charge in [0.2, 0.25) is 5.91 Å². The van der Waals surface area contributed by atoms with Crippen LogP contribution in [0, 0.1) is 13.8 Å². The van der Waals surface area contributed by atoms with E-state index in [1.54, 1.807) is 11.0 Å². The van der Waals surface area contributed by atoms with E-state index in [0.717, 1.165) is 16.8 Å². The zero-order chi connectivity index (χ0) is 16.4. The molecule has 1 saturated heterocycles. The minimum atomic E-state index is -0.455. The predicted octanol–water partition coefficient (Wildman–Crippen LogP) is 2.84. The van der Waals surface area contributed by atoms with Gasteiger partial charge in [-0.05, 0) is 44.0 Å². The lowest BCUT2D eigenvalue weighted by molar-refractivity contribution is -0.118. The van der Waals surface area contributed by atoms with Crippen LogP contribution in [0.5, 0.6) is 0 Å². The molecule has 1 unspecified atom stereocenters. The highest BCUT2D eigenvalue weighted by Gasteiger charge is 2.33. The fraction of sp³-hybridized carbons (Fsp3) is 0.263. The molecular formula is C19H20N2O2. The van der Waals surface area contributed by atoms with Gasteiger partial charge in [0.05, 0.1) is 0 Å². The average molecular weight is 308 g/mol. The van der Waals surface area contributed by atoms with E-state index in [1.165, 1.54) is 0 Å². The van der Waals surface area contributed by atoms with Gasteiger partial charge < -0.3 is 10.2 Å². The van der Waals surface area contributed by atoms with Crippen LogP contribution in [0.15, 0.2) is 48.5 Å². The number of rotatable bonds is 3. The van der Waals surface area contributed by atoms with Crippen LogP contribution >= 0.6 is 0 Å². The number of hydrogen-bond acceptors (Lipinski definition) is 2. The Morgan fingerprint density at radius 1 is 1.09 bits per heavy atom. The Kier molecular flexibility index (Phi) is 4.15. The van der Waals surface area contributed by atoms with Gasteiger partial charge in [-0.3, -0.25) is 9.59 Å². The molecule has 0 saturated carbocycles. The number of nitrogens with zero attached hydrogens (tertiary/aromatic N) is 1. The van der Waals surface area contributed by atoms with Gasteiger partial charge in [-0.25, -0.2) is 0 Å². The molecule has 118 valence electrons. The summed E-state index contributed by atoms with van der Waals surface area (Å²) in [7, 11) is 0. The Hall–Kier alpha value is -2.62. The lowest BCUT2D eigenvalue weighted by atomic mass is 10.1. The summed E-state index contributed by atoms with van der Waals surface area (Å²) < 4.78 is 0. The number of hydrogen-bond donors (Lipinski definition) is 1. The summed E-state index contributed by atoms with van der Waals surface area (Å²) in [4.78, 5) is 26.7. The highest BCUT2D eigenvalue weighted by atomic mass is 16.2. The van der Waals surface area contributed by atoms with Gasteiger partial charge in [0.25, 0.3) is 5.91 Å². The molecule has 2 aromatic rings. The number of benzene rings is 2. The second kappa shape index (κ2) is 6.24. The lowest BCUT2D eigenvalue weighted by Crippen LogP contribution is -2.41. The fourth-order valence-corrected chi connectivity index (χ4v) is 2.86. The van der Waals surface area contributed by atoms with E-state index in [1.807, 2.05) is 56.3 Å². The molecule has 4 heteroatoms. The Morgan fingerprint density at radius 3 is 2.48 bits per heavy atom. The van der Waals surface area contributed by atoms with Crippen molar-refractivity contribution in [2.24, 2.45) is 0 Å². The first kappa shape index (κ1) is 15.3. The van der Waals surface area contributed by atoms with Crippen molar-refractivity contribution >= 4 is 17.5 Å². The summed E-state index contributed by atoms with van der Waals surface area (Å²) in [5.74, 6) is -0.233. The van der Waals surface area contributed by atoms with E-state index < -0.39 is 6.04 Å². The summed E-state index contributed by atoms with van der Waals surface area (Å²) >= 11 is 0. The van der Waals surface area contributed by atoms with E-state index in [2.05, 4.69) is 5.32 Å². The maximum absolute atomic E-state index is 12.6. The fourth-order valence-electron chi connectivity index (χ4n) is 2.86. The molecule has 0 aromatic heterocycles. The molecule has 0 aliphatic carbocycles. The normalized spacial score (nSPS) is 17.4. The van der Waals surface area contributed by atoms with Crippen molar-refractivity contribution in [2.45, 2.75) is 26.3 Å². The molecule has 23 heavy (non-hydrogen) atoms. The van der Waals surface area contributed by atoms with Crippen LogP contribution in [-0.4, -0.2) is 24.4 Å². The quantitative estimate of drug-likeness (QED) is 0.948. The molecule has 0 spiro atoms. The van der Waals surface area contributed by atoms with Crippen LogP contribution < -0.4 is 10.2 Å². The summed E-state index contributed by atoms with van der Waals surface area (Å²) in [6, 6.07) is 14.8. The summed E-state index contributed by atoms with van der Waals surface area (Å²) in [5, 5.41) is 2.87. The van der Waals surface area contributed by atoms with E-state index >= 15 is 0 Å². The van der Waals surface area contributed by atoms with Gasteiger partial charge in [-0.15, -0.1) is 0 Å². The van der Waals surface area contributed by atoms with Crippen LogP contribution in [-0.2, 0) is 4.79 Å². The molecule has 1 heterocycles. The SMILES string of the molecule is Cc1ccc(N2CCC(NC(=O)c3ccccc3C)C2=O)cc1. The Balaban J connectivity index is 1.71. The maximum atomic E-state index is 12.6. The minimum absolute atomic E-state index is 0.0456. The molecular weight excluding hydrogens is 288 g/mol. The van der Waals surface area contributed by atoms with Crippen LogP contribution in [0.3, 0.4) is 0 Å². The van der Waals surface area contributed by atoms with Crippen molar-refractivity contribution < 1.29 is 9.59 Å². The van der Waals surface area contributed by atoms with Crippen LogP contribution in [0.2, 0.25) is 0 Å². The van der Waals surface area contributed by atoms with Crippen LogP contribution in [0.4, 0.5) is 5.69 Å². The maximum Gasteiger partial charge on any atom is 0.252 e. The van der Waals surface area contributed by atoms with Crippen molar-refractivity contribution in [1.82, 2.24) is 5.32 Å². The van der Waals surface area contributed by atoms with Gasteiger partial charge in [0.15, 0.2) is 0 Å². The first-order valence-corrected chi connectivity index (χ1v) is 7.81. The summed E-state index contributed by atoms with van der Waals surface area (Å²) in [6.07, 6.45) is 0.629. The third kappa shape index (κ3) is 3.11. The van der Waals surface area contributed by atoms with Crippen molar-refractivity contribution in [1.29, 1.82) is 0 Å². The minimum Gasteiger partial charge on any atom is -0.340 e. The van der Waals surface area contributed by atoms with Gasteiger partial charge in [0.1, 0.15) is 6.04 Å². The molecule has 2 amide bonds. The Morgan fingerprint density at radius 2 is 1.78 bits per heavy atom. The molecule has 4 nitrogen and oxygen atoms in total. The predicted molar refractivity (Wildman–Crippen MR) is 90.6 cm³/mol. The number of amides is 2. The van der Waals surface area contributed by atoms with Crippen molar-refractivity contribution in [2.75, 3.05) is 11.4 Å². The number of nitrogens with one attached hydrogen (secondary N) is 1. The number of carbonyl (C=O) groups excluding carboxylic acids is 2. The lowest BCUT2D eigenvalue weighted by Gasteiger charge is -2.17. The molecule has 1 aliphatic rings.